The van der Waals surface area contributed by atoms with Crippen molar-refractivity contribution in [1.82, 2.24) is 4.98 Å². The van der Waals surface area contributed by atoms with Crippen LogP contribution in [0.3, 0.4) is 0 Å². The zero-order valence-corrected chi connectivity index (χ0v) is 16.8. The lowest BCUT2D eigenvalue weighted by Gasteiger charge is -2.12. The monoisotopic (exact) mass is 483 g/mol. The molecule has 7 nitrogen and oxygen atoms in total. The third kappa shape index (κ3) is 3.73. The van der Waals surface area contributed by atoms with Gasteiger partial charge in [-0.25, -0.2) is 0 Å². The molecule has 13 heteroatoms. The summed E-state index contributed by atoms with van der Waals surface area (Å²) in [5, 5.41) is 2.70. The first-order valence-corrected chi connectivity index (χ1v) is 10.6. The van der Waals surface area contributed by atoms with Crippen LogP contribution in [0.25, 0.3) is 11.3 Å². The van der Waals surface area contributed by atoms with Crippen molar-refractivity contribution in [2.75, 3.05) is 5.32 Å². The Morgan fingerprint density at radius 3 is 2.48 bits per heavy atom. The number of ether oxygens (including phenoxy) is 2. The molecule has 1 aromatic heterocycles. The van der Waals surface area contributed by atoms with Gasteiger partial charge in [-0.05, 0) is 36.4 Å². The minimum absolute atomic E-state index is 0.0630. The van der Waals surface area contributed by atoms with E-state index in [-0.39, 0.29) is 39.0 Å². The molecule has 0 atom stereocenters. The number of amidine groups is 1. The Morgan fingerprint density at radius 2 is 1.73 bits per heavy atom. The Balaban J connectivity index is 1.51. The number of pyridine rings is 1. The Hall–Kier alpha value is -3.74. The highest BCUT2D eigenvalue weighted by Gasteiger charge is 2.43. The van der Waals surface area contributed by atoms with Gasteiger partial charge in [-0.2, -0.15) is 21.6 Å². The molecule has 0 amide bonds. The summed E-state index contributed by atoms with van der Waals surface area (Å²) in [6, 6.07) is 9.31. The van der Waals surface area contributed by atoms with Gasteiger partial charge in [0.15, 0.2) is 17.3 Å². The van der Waals surface area contributed by atoms with E-state index in [9.17, 15) is 30.4 Å². The summed E-state index contributed by atoms with van der Waals surface area (Å²) in [6.07, 6.45) is -7.35. The van der Waals surface area contributed by atoms with Crippen molar-refractivity contribution in [3.8, 4) is 22.8 Å². The average molecular weight is 483 g/mol. The van der Waals surface area contributed by atoms with Crippen molar-refractivity contribution in [3.05, 3.63) is 65.9 Å². The topological polar surface area (TPSA) is 89.9 Å². The van der Waals surface area contributed by atoms with E-state index in [0.717, 1.165) is 18.2 Å². The summed E-state index contributed by atoms with van der Waals surface area (Å²) in [5.74, 6) is -0.608. The number of aromatic nitrogens is 1. The highest BCUT2D eigenvalue weighted by molar-refractivity contribution is 7.90. The first-order valence-electron chi connectivity index (χ1n) is 9.12. The summed E-state index contributed by atoms with van der Waals surface area (Å²) in [7, 11) is -4.24. The van der Waals surface area contributed by atoms with Gasteiger partial charge in [-0.1, -0.05) is 6.07 Å². The van der Waals surface area contributed by atoms with E-state index in [1.807, 2.05) is 0 Å². The second-order valence-corrected chi connectivity index (χ2v) is 8.55. The zero-order valence-electron chi connectivity index (χ0n) is 16.0. The van der Waals surface area contributed by atoms with Crippen LogP contribution in [0.15, 0.2) is 64.0 Å². The van der Waals surface area contributed by atoms with Crippen LogP contribution in [0.1, 0.15) is 11.1 Å². The number of sulfonamides is 1. The molecule has 0 saturated carbocycles. The van der Waals surface area contributed by atoms with E-state index in [0.29, 0.717) is 0 Å². The molecule has 3 heterocycles. The van der Waals surface area contributed by atoms with E-state index in [1.54, 1.807) is 0 Å². The Labute approximate surface area is 182 Å². The molecular formula is C20H10F5N3O4S. The van der Waals surface area contributed by atoms with Gasteiger partial charge in [0, 0.05) is 29.1 Å². The van der Waals surface area contributed by atoms with Crippen molar-refractivity contribution in [3.63, 3.8) is 0 Å². The Kier molecular flexibility index (Phi) is 4.40. The second kappa shape index (κ2) is 6.88. The molecule has 0 radical (unpaired) electrons. The fraction of sp³-hybridized carbons (Fsp3) is 0.100. The quantitative estimate of drug-likeness (QED) is 0.534. The molecule has 2 aliphatic heterocycles. The maximum absolute atomic E-state index is 13.4. The third-order valence-electron chi connectivity index (χ3n) is 4.78. The van der Waals surface area contributed by atoms with Gasteiger partial charge in [0.25, 0.3) is 10.0 Å². The average Bonchev–Trinajstić information content (AvgIpc) is 3.18. The number of rotatable bonds is 2. The maximum Gasteiger partial charge on any atom is 0.586 e. The van der Waals surface area contributed by atoms with Crippen molar-refractivity contribution in [2.24, 2.45) is 4.40 Å². The summed E-state index contributed by atoms with van der Waals surface area (Å²) < 4.78 is 104. The minimum atomic E-state index is -4.69. The number of nitrogens with zero attached hydrogens (tertiary/aromatic N) is 2. The van der Waals surface area contributed by atoms with Crippen LogP contribution in [0.2, 0.25) is 0 Å². The van der Waals surface area contributed by atoms with Gasteiger partial charge in [-0.3, -0.25) is 4.98 Å². The number of fused-ring (bicyclic) bond motifs is 2. The fourth-order valence-corrected chi connectivity index (χ4v) is 4.62. The standard InChI is InChI=1S/C20H10F5N3O4S/c21-19(22,23)13-2-1-7-26-17(13)10-3-5-12-16(8-10)33(29,30)28-18(12)27-11-4-6-14-15(9-11)32-20(24,25)31-14/h1-9H,(H,27,28). The fourth-order valence-electron chi connectivity index (χ4n) is 3.41. The normalized spacial score (nSPS) is 17.4. The first-order chi connectivity index (χ1) is 15.4. The molecule has 3 aromatic rings. The van der Waals surface area contributed by atoms with Crippen molar-refractivity contribution >= 4 is 21.5 Å². The van der Waals surface area contributed by atoms with E-state index in [2.05, 4.69) is 24.2 Å². The van der Waals surface area contributed by atoms with E-state index >= 15 is 0 Å². The lowest BCUT2D eigenvalue weighted by Crippen LogP contribution is -2.25. The molecule has 33 heavy (non-hydrogen) atoms. The highest BCUT2D eigenvalue weighted by Crippen LogP contribution is 2.43. The van der Waals surface area contributed by atoms with Crippen LogP contribution in [-0.2, 0) is 16.2 Å². The molecule has 5 rings (SSSR count). The predicted molar refractivity (Wildman–Crippen MR) is 105 cm³/mol. The lowest BCUT2D eigenvalue weighted by molar-refractivity contribution is -0.286. The smallest absolute Gasteiger partial charge is 0.395 e. The summed E-state index contributed by atoms with van der Waals surface area (Å²) >= 11 is 0. The number of benzene rings is 2. The molecule has 0 saturated heterocycles. The van der Waals surface area contributed by atoms with Crippen LogP contribution in [0, 0.1) is 0 Å². The molecule has 170 valence electrons. The highest BCUT2D eigenvalue weighted by atomic mass is 32.2. The van der Waals surface area contributed by atoms with Crippen LogP contribution in [-0.4, -0.2) is 25.5 Å². The molecule has 0 aliphatic carbocycles. The second-order valence-electron chi connectivity index (χ2n) is 6.98. The summed E-state index contributed by atoms with van der Waals surface area (Å²) in [4.78, 5) is 3.44. The van der Waals surface area contributed by atoms with Gasteiger partial charge >= 0.3 is 12.5 Å². The third-order valence-corrected chi connectivity index (χ3v) is 6.09. The molecule has 0 spiro atoms. The number of anilines is 1. The lowest BCUT2D eigenvalue weighted by atomic mass is 10.0. The van der Waals surface area contributed by atoms with Crippen LogP contribution in [0.5, 0.6) is 11.5 Å². The number of hydrogen-bond acceptors (Lipinski definition) is 6. The van der Waals surface area contributed by atoms with E-state index in [4.69, 9.17) is 0 Å². The summed E-state index contributed by atoms with van der Waals surface area (Å²) in [5.41, 5.74) is -1.25. The molecule has 2 aliphatic rings. The number of nitrogens with one attached hydrogen (secondary N) is 1. The molecular weight excluding hydrogens is 473 g/mol. The largest absolute Gasteiger partial charge is 0.586 e. The minimum Gasteiger partial charge on any atom is -0.395 e. The SMILES string of the molecule is O=S1(=O)N=C(Nc2ccc3c(c2)OC(F)(F)O3)c2ccc(-c3ncccc3C(F)(F)F)cc21. The Morgan fingerprint density at radius 1 is 0.970 bits per heavy atom. The summed E-state index contributed by atoms with van der Waals surface area (Å²) in [6.45, 7) is 0. The number of hydrogen-bond donors (Lipinski definition) is 1. The van der Waals surface area contributed by atoms with Crippen molar-refractivity contribution in [2.45, 2.75) is 17.4 Å². The zero-order chi connectivity index (χ0) is 23.6. The van der Waals surface area contributed by atoms with E-state index in [1.165, 1.54) is 36.5 Å². The predicted octanol–water partition coefficient (Wildman–Crippen LogP) is 4.65. The van der Waals surface area contributed by atoms with Crippen molar-refractivity contribution < 1.29 is 39.8 Å². The first kappa shape index (κ1) is 21.1. The van der Waals surface area contributed by atoms with Gasteiger partial charge < -0.3 is 14.8 Å². The van der Waals surface area contributed by atoms with Crippen LogP contribution < -0.4 is 14.8 Å². The Bertz CT molecular complexity index is 1440. The van der Waals surface area contributed by atoms with Gasteiger partial charge in [-0.15, -0.1) is 13.2 Å². The molecule has 2 aromatic carbocycles. The number of alkyl halides is 5. The maximum atomic E-state index is 13.4. The van der Waals surface area contributed by atoms with Gasteiger partial charge in [0.1, 0.15) is 4.90 Å². The molecule has 1 N–H and O–H groups in total. The molecule has 0 unspecified atom stereocenters. The number of halogens is 5. The van der Waals surface area contributed by atoms with Gasteiger partial charge in [0.05, 0.1) is 11.3 Å². The molecule has 0 bridgehead atoms. The van der Waals surface area contributed by atoms with Gasteiger partial charge in [0.2, 0.25) is 0 Å². The van der Waals surface area contributed by atoms with Crippen LogP contribution >= 0.6 is 0 Å². The van der Waals surface area contributed by atoms with Crippen LogP contribution in [0.4, 0.5) is 27.6 Å². The van der Waals surface area contributed by atoms with E-state index < -0.39 is 33.8 Å². The van der Waals surface area contributed by atoms with Crippen molar-refractivity contribution in [1.29, 1.82) is 0 Å². The molecule has 0 fully saturated rings.